The summed E-state index contributed by atoms with van der Waals surface area (Å²) >= 11 is 0. The lowest BCUT2D eigenvalue weighted by molar-refractivity contribution is -0.0436. The van der Waals surface area contributed by atoms with E-state index in [1.807, 2.05) is 9.91 Å². The zero-order chi connectivity index (χ0) is 24.3. The molecule has 184 valence electrons. The SMILES string of the molecule is O=C(NN1CCOCC1)c1cnccc1CN1CCN(c2ccc(S(=O)(=O)C(F)(F)F)cc2)C1. The molecule has 1 aromatic heterocycles. The van der Waals surface area contributed by atoms with Crippen molar-refractivity contribution >= 4 is 21.4 Å². The first-order chi connectivity index (χ1) is 16.1. The van der Waals surface area contributed by atoms with Gasteiger partial charge in [0.05, 0.1) is 30.3 Å². The maximum atomic E-state index is 12.8. The van der Waals surface area contributed by atoms with E-state index in [9.17, 15) is 26.4 Å². The van der Waals surface area contributed by atoms with Gasteiger partial charge in [-0.1, -0.05) is 0 Å². The van der Waals surface area contributed by atoms with Gasteiger partial charge in [0.1, 0.15) is 0 Å². The third-order valence-corrected chi connectivity index (χ3v) is 7.20. The van der Waals surface area contributed by atoms with Crippen molar-refractivity contribution in [1.82, 2.24) is 20.3 Å². The zero-order valence-electron chi connectivity index (χ0n) is 18.2. The van der Waals surface area contributed by atoms with Crippen molar-refractivity contribution in [3.8, 4) is 0 Å². The van der Waals surface area contributed by atoms with Crippen LogP contribution in [0.5, 0.6) is 0 Å². The number of rotatable bonds is 6. The number of benzene rings is 1. The normalized spacial score (nSPS) is 18.3. The minimum atomic E-state index is -5.38. The van der Waals surface area contributed by atoms with E-state index in [2.05, 4.69) is 15.3 Å². The predicted molar refractivity (Wildman–Crippen MR) is 116 cm³/mol. The highest BCUT2D eigenvalue weighted by molar-refractivity contribution is 7.92. The van der Waals surface area contributed by atoms with E-state index in [0.717, 1.165) is 17.7 Å². The molecule has 1 aromatic carbocycles. The molecule has 0 radical (unpaired) electrons. The molecule has 0 atom stereocenters. The number of halogens is 3. The number of carbonyl (C=O) groups excluding carboxylic acids is 1. The average Bonchev–Trinajstić information content (AvgIpc) is 3.28. The van der Waals surface area contributed by atoms with Crippen LogP contribution in [0.2, 0.25) is 0 Å². The Labute approximate surface area is 195 Å². The number of hydrazine groups is 1. The summed E-state index contributed by atoms with van der Waals surface area (Å²) in [6.45, 7) is 4.52. The molecule has 0 aliphatic carbocycles. The molecule has 0 unspecified atom stereocenters. The second-order valence-electron chi connectivity index (χ2n) is 7.97. The molecule has 2 saturated heterocycles. The van der Waals surface area contributed by atoms with E-state index >= 15 is 0 Å². The Morgan fingerprint density at radius 3 is 2.44 bits per heavy atom. The Bertz CT molecular complexity index is 1120. The van der Waals surface area contributed by atoms with Crippen molar-refractivity contribution < 1.29 is 31.1 Å². The minimum absolute atomic E-state index is 0.248. The first-order valence-electron chi connectivity index (χ1n) is 10.6. The van der Waals surface area contributed by atoms with Crippen molar-refractivity contribution in [3.05, 3.63) is 53.9 Å². The molecule has 9 nitrogen and oxygen atoms in total. The van der Waals surface area contributed by atoms with Crippen LogP contribution in [0.4, 0.5) is 18.9 Å². The zero-order valence-corrected chi connectivity index (χ0v) is 19.0. The summed E-state index contributed by atoms with van der Waals surface area (Å²) in [5.74, 6) is -0.248. The maximum absolute atomic E-state index is 12.8. The van der Waals surface area contributed by atoms with Gasteiger partial charge in [0.2, 0.25) is 0 Å². The van der Waals surface area contributed by atoms with Crippen molar-refractivity contribution in [3.63, 3.8) is 0 Å². The van der Waals surface area contributed by atoms with E-state index in [-0.39, 0.29) is 5.91 Å². The topological polar surface area (TPSA) is 95.1 Å². The lowest BCUT2D eigenvalue weighted by atomic mass is 10.1. The quantitative estimate of drug-likeness (QED) is 0.641. The largest absolute Gasteiger partial charge is 0.501 e. The van der Waals surface area contributed by atoms with Gasteiger partial charge in [0.15, 0.2) is 0 Å². The summed E-state index contributed by atoms with van der Waals surface area (Å²) in [7, 11) is -5.38. The van der Waals surface area contributed by atoms with Crippen LogP contribution in [0.1, 0.15) is 15.9 Å². The first-order valence-corrected chi connectivity index (χ1v) is 12.1. The summed E-state index contributed by atoms with van der Waals surface area (Å²) in [4.78, 5) is 20.1. The Morgan fingerprint density at radius 2 is 1.76 bits per heavy atom. The van der Waals surface area contributed by atoms with Gasteiger partial charge in [0, 0.05) is 50.8 Å². The number of alkyl halides is 3. The molecule has 3 heterocycles. The summed E-state index contributed by atoms with van der Waals surface area (Å²) < 4.78 is 66.7. The molecule has 34 heavy (non-hydrogen) atoms. The molecule has 1 N–H and O–H groups in total. The van der Waals surface area contributed by atoms with Crippen LogP contribution in [0, 0.1) is 0 Å². The summed E-state index contributed by atoms with van der Waals surface area (Å²) in [6, 6.07) is 6.47. The molecule has 0 saturated carbocycles. The predicted octanol–water partition coefficient (Wildman–Crippen LogP) is 1.63. The van der Waals surface area contributed by atoms with E-state index in [0.29, 0.717) is 63.9 Å². The van der Waals surface area contributed by atoms with Gasteiger partial charge >= 0.3 is 5.51 Å². The molecule has 2 aromatic rings. The number of carbonyl (C=O) groups is 1. The Hall–Kier alpha value is -2.74. The Morgan fingerprint density at radius 1 is 1.06 bits per heavy atom. The molecule has 2 fully saturated rings. The van der Waals surface area contributed by atoms with Crippen LogP contribution in [0.15, 0.2) is 47.6 Å². The smallest absolute Gasteiger partial charge is 0.379 e. The number of amides is 1. The number of pyridine rings is 1. The van der Waals surface area contributed by atoms with Crippen molar-refractivity contribution in [1.29, 1.82) is 0 Å². The molecule has 0 bridgehead atoms. The molecule has 1 amide bonds. The van der Waals surface area contributed by atoms with Crippen LogP contribution in [0.25, 0.3) is 0 Å². The second kappa shape index (κ2) is 9.86. The van der Waals surface area contributed by atoms with Gasteiger partial charge in [-0.15, -0.1) is 0 Å². The highest BCUT2D eigenvalue weighted by Gasteiger charge is 2.46. The number of sulfone groups is 1. The van der Waals surface area contributed by atoms with Crippen molar-refractivity contribution in [2.45, 2.75) is 16.9 Å². The number of nitrogens with one attached hydrogen (secondary N) is 1. The van der Waals surface area contributed by atoms with Crippen molar-refractivity contribution in [2.75, 3.05) is 51.0 Å². The number of nitrogens with zero attached hydrogens (tertiary/aromatic N) is 4. The minimum Gasteiger partial charge on any atom is -0.379 e. The Balaban J connectivity index is 1.40. The molecular weight excluding hydrogens is 475 g/mol. The number of hydrogen-bond donors (Lipinski definition) is 1. The van der Waals surface area contributed by atoms with Gasteiger partial charge in [-0.3, -0.25) is 20.1 Å². The molecule has 4 rings (SSSR count). The van der Waals surface area contributed by atoms with Crippen LogP contribution in [-0.4, -0.2) is 80.8 Å². The van der Waals surface area contributed by atoms with E-state index in [4.69, 9.17) is 4.74 Å². The van der Waals surface area contributed by atoms with Crippen LogP contribution in [-0.2, 0) is 21.1 Å². The highest BCUT2D eigenvalue weighted by atomic mass is 32.2. The number of ether oxygens (including phenoxy) is 1. The van der Waals surface area contributed by atoms with Crippen LogP contribution >= 0.6 is 0 Å². The highest BCUT2D eigenvalue weighted by Crippen LogP contribution is 2.31. The number of aromatic nitrogens is 1. The standard InChI is InChI=1S/C21H24F3N5O4S/c22-21(23,24)34(31,32)18-3-1-17(2-4-18)28-8-7-27(15-28)14-16-5-6-25-13-19(16)20(30)26-29-9-11-33-12-10-29/h1-6,13H,7-12,14-15H2,(H,26,30). The van der Waals surface area contributed by atoms with Crippen LogP contribution in [0.3, 0.4) is 0 Å². The van der Waals surface area contributed by atoms with Gasteiger partial charge in [-0.2, -0.15) is 13.2 Å². The fraction of sp³-hybridized carbons (Fsp3) is 0.429. The van der Waals surface area contributed by atoms with Crippen LogP contribution < -0.4 is 10.3 Å². The third kappa shape index (κ3) is 5.32. The van der Waals surface area contributed by atoms with E-state index in [1.165, 1.54) is 18.3 Å². The molecule has 0 spiro atoms. The molecule has 2 aliphatic rings. The summed E-state index contributed by atoms with van der Waals surface area (Å²) in [6.07, 6.45) is 3.15. The average molecular weight is 500 g/mol. The van der Waals surface area contributed by atoms with Gasteiger partial charge in [-0.25, -0.2) is 13.4 Å². The van der Waals surface area contributed by atoms with Crippen molar-refractivity contribution in [2.24, 2.45) is 0 Å². The van der Waals surface area contributed by atoms with Gasteiger partial charge in [0.25, 0.3) is 15.7 Å². The maximum Gasteiger partial charge on any atom is 0.501 e. The van der Waals surface area contributed by atoms with E-state index < -0.39 is 20.2 Å². The van der Waals surface area contributed by atoms with Gasteiger partial charge < -0.3 is 9.64 Å². The second-order valence-corrected chi connectivity index (χ2v) is 9.91. The first kappa shape index (κ1) is 24.4. The number of morpholine rings is 1. The lowest BCUT2D eigenvalue weighted by Crippen LogP contribution is -2.48. The summed E-state index contributed by atoms with van der Waals surface area (Å²) in [5, 5.41) is 1.81. The van der Waals surface area contributed by atoms with Gasteiger partial charge in [-0.05, 0) is 35.9 Å². The molecular formula is C21H24F3N5O4S. The Kier molecular flexibility index (Phi) is 7.07. The number of anilines is 1. The number of hydrogen-bond acceptors (Lipinski definition) is 8. The third-order valence-electron chi connectivity index (χ3n) is 5.69. The monoisotopic (exact) mass is 499 g/mol. The fourth-order valence-electron chi connectivity index (χ4n) is 3.84. The van der Waals surface area contributed by atoms with E-state index in [1.54, 1.807) is 12.3 Å². The summed E-state index contributed by atoms with van der Waals surface area (Å²) in [5.41, 5.74) is -0.577. The molecule has 13 heteroatoms. The molecule has 2 aliphatic heterocycles. The fourth-order valence-corrected chi connectivity index (χ4v) is 4.60. The lowest BCUT2D eigenvalue weighted by Gasteiger charge is -2.27.